The number of carbonyl (C=O) groups excluding carboxylic acids is 1. The molecule has 0 aliphatic heterocycles. The highest BCUT2D eigenvalue weighted by atomic mass is 16.5. The fourth-order valence-electron chi connectivity index (χ4n) is 1.73. The normalized spacial score (nSPS) is 10.2. The lowest BCUT2D eigenvalue weighted by Crippen LogP contribution is -2.11. The molecule has 4 N–H and O–H groups in total. The Kier molecular flexibility index (Phi) is 3.37. The summed E-state index contributed by atoms with van der Waals surface area (Å²) in [6, 6.07) is 8.45. The minimum Gasteiger partial charge on any atom is -0.439 e. The maximum Gasteiger partial charge on any atom is 0.248 e. The average Bonchev–Trinajstić information content (AvgIpc) is 2.32. The van der Waals surface area contributed by atoms with Crippen molar-refractivity contribution in [3.8, 4) is 11.6 Å². The van der Waals surface area contributed by atoms with Crippen LogP contribution in [0.3, 0.4) is 0 Å². The van der Waals surface area contributed by atoms with Crippen LogP contribution in [0.5, 0.6) is 11.6 Å². The van der Waals surface area contributed by atoms with E-state index in [-0.39, 0.29) is 0 Å². The van der Waals surface area contributed by atoms with Gasteiger partial charge in [-0.05, 0) is 43.7 Å². The van der Waals surface area contributed by atoms with Crippen LogP contribution in [0.15, 0.2) is 30.3 Å². The lowest BCUT2D eigenvalue weighted by atomic mass is 10.2. The van der Waals surface area contributed by atoms with Crippen LogP contribution in [-0.4, -0.2) is 10.9 Å². The van der Waals surface area contributed by atoms with Crippen LogP contribution in [0, 0.1) is 13.8 Å². The quantitative estimate of drug-likeness (QED) is 0.824. The third kappa shape index (κ3) is 3.01. The van der Waals surface area contributed by atoms with E-state index in [4.69, 9.17) is 16.2 Å². The summed E-state index contributed by atoms with van der Waals surface area (Å²) in [5, 5.41) is 0. The van der Waals surface area contributed by atoms with Crippen molar-refractivity contribution in [3.63, 3.8) is 0 Å². The summed E-state index contributed by atoms with van der Waals surface area (Å²) in [5.41, 5.74) is 13.5. The molecule has 1 aromatic carbocycles. The largest absolute Gasteiger partial charge is 0.439 e. The molecule has 0 radical (unpaired) electrons. The van der Waals surface area contributed by atoms with Crippen LogP contribution in [0.2, 0.25) is 0 Å². The number of aromatic nitrogens is 1. The van der Waals surface area contributed by atoms with Gasteiger partial charge in [0.15, 0.2) is 0 Å². The van der Waals surface area contributed by atoms with E-state index in [1.54, 1.807) is 31.2 Å². The summed E-state index contributed by atoms with van der Waals surface area (Å²) in [5.74, 6) is 0.466. The molecule has 5 heteroatoms. The zero-order valence-corrected chi connectivity index (χ0v) is 10.8. The van der Waals surface area contributed by atoms with E-state index in [9.17, 15) is 4.79 Å². The van der Waals surface area contributed by atoms with E-state index in [1.807, 2.05) is 6.92 Å². The molecule has 0 aliphatic carbocycles. The van der Waals surface area contributed by atoms with Crippen LogP contribution in [-0.2, 0) is 0 Å². The zero-order chi connectivity index (χ0) is 14.0. The average molecular weight is 257 g/mol. The van der Waals surface area contributed by atoms with Crippen molar-refractivity contribution in [2.24, 2.45) is 5.73 Å². The van der Waals surface area contributed by atoms with E-state index in [1.165, 1.54) is 6.07 Å². The molecule has 0 fully saturated rings. The minimum atomic E-state index is -0.510. The van der Waals surface area contributed by atoms with Crippen molar-refractivity contribution in [2.45, 2.75) is 13.8 Å². The molecule has 0 unspecified atom stereocenters. The highest BCUT2D eigenvalue weighted by Crippen LogP contribution is 2.26. The molecule has 1 aromatic heterocycles. The second-order valence-corrected chi connectivity index (χ2v) is 4.33. The zero-order valence-electron chi connectivity index (χ0n) is 10.8. The molecule has 19 heavy (non-hydrogen) atoms. The number of ether oxygens (including phenoxy) is 1. The number of amides is 1. The Morgan fingerprint density at radius 3 is 2.58 bits per heavy atom. The van der Waals surface area contributed by atoms with Gasteiger partial charge in [0, 0.05) is 23.0 Å². The van der Waals surface area contributed by atoms with Gasteiger partial charge in [-0.25, -0.2) is 4.98 Å². The molecule has 1 amide bonds. The van der Waals surface area contributed by atoms with Crippen molar-refractivity contribution in [1.82, 2.24) is 4.98 Å². The summed E-state index contributed by atoms with van der Waals surface area (Å²) in [7, 11) is 0. The number of primary amides is 1. The molecular formula is C14H15N3O2. The Labute approximate surface area is 111 Å². The van der Waals surface area contributed by atoms with Gasteiger partial charge >= 0.3 is 0 Å². The van der Waals surface area contributed by atoms with E-state index < -0.39 is 5.91 Å². The maximum absolute atomic E-state index is 11.2. The molecule has 0 bridgehead atoms. The number of aryl methyl sites for hydroxylation is 2. The van der Waals surface area contributed by atoms with E-state index in [0.29, 0.717) is 28.6 Å². The highest BCUT2D eigenvalue weighted by molar-refractivity contribution is 5.93. The number of nitrogens with two attached hydrogens (primary N) is 2. The molecule has 0 saturated heterocycles. The van der Waals surface area contributed by atoms with E-state index in [0.717, 1.165) is 5.56 Å². The maximum atomic E-state index is 11.2. The van der Waals surface area contributed by atoms with Gasteiger partial charge in [0.1, 0.15) is 5.75 Å². The summed E-state index contributed by atoms with van der Waals surface area (Å²) in [4.78, 5) is 15.4. The molecule has 2 aromatic rings. The second kappa shape index (κ2) is 4.97. The van der Waals surface area contributed by atoms with Crippen LogP contribution in [0.4, 0.5) is 5.69 Å². The number of pyridine rings is 1. The smallest absolute Gasteiger partial charge is 0.248 e. The number of nitrogens with zero attached hydrogens (tertiary/aromatic N) is 1. The predicted molar refractivity (Wildman–Crippen MR) is 73.2 cm³/mol. The summed E-state index contributed by atoms with van der Waals surface area (Å²) in [6.45, 7) is 3.66. The van der Waals surface area contributed by atoms with Gasteiger partial charge in [0.05, 0.1) is 0 Å². The number of nitrogen functional groups attached to an aromatic ring is 1. The molecular weight excluding hydrogens is 242 g/mol. The number of carbonyl (C=O) groups is 1. The Morgan fingerprint density at radius 1 is 1.21 bits per heavy atom. The lowest BCUT2D eigenvalue weighted by molar-refractivity contribution is 0.0999. The summed E-state index contributed by atoms with van der Waals surface area (Å²) in [6.07, 6.45) is 0. The van der Waals surface area contributed by atoms with Gasteiger partial charge in [0.2, 0.25) is 11.8 Å². The third-order valence-electron chi connectivity index (χ3n) is 2.63. The first kappa shape index (κ1) is 12.9. The fourth-order valence-corrected chi connectivity index (χ4v) is 1.73. The van der Waals surface area contributed by atoms with Crippen molar-refractivity contribution in [3.05, 3.63) is 47.2 Å². The van der Waals surface area contributed by atoms with Crippen molar-refractivity contribution < 1.29 is 9.53 Å². The molecule has 5 nitrogen and oxygen atoms in total. The van der Waals surface area contributed by atoms with Gasteiger partial charge < -0.3 is 16.2 Å². The second-order valence-electron chi connectivity index (χ2n) is 4.33. The monoisotopic (exact) mass is 257 g/mol. The van der Waals surface area contributed by atoms with Crippen LogP contribution in [0.25, 0.3) is 0 Å². The fraction of sp³-hybridized carbons (Fsp3) is 0.143. The van der Waals surface area contributed by atoms with Crippen LogP contribution >= 0.6 is 0 Å². The van der Waals surface area contributed by atoms with Gasteiger partial charge in [0.25, 0.3) is 0 Å². The molecule has 0 aliphatic rings. The SMILES string of the molecule is Cc1cc(C(N)=O)cc(Oc2ccc(N)cc2C)n1. The predicted octanol–water partition coefficient (Wildman–Crippen LogP) is 2.17. The van der Waals surface area contributed by atoms with Crippen LogP contribution in [0.1, 0.15) is 21.6 Å². The molecule has 98 valence electrons. The van der Waals surface area contributed by atoms with Gasteiger partial charge in [-0.1, -0.05) is 0 Å². The van der Waals surface area contributed by atoms with E-state index >= 15 is 0 Å². The summed E-state index contributed by atoms with van der Waals surface area (Å²) < 4.78 is 5.66. The molecule has 0 spiro atoms. The number of benzene rings is 1. The minimum absolute atomic E-state index is 0.335. The van der Waals surface area contributed by atoms with Crippen molar-refractivity contribution in [1.29, 1.82) is 0 Å². The lowest BCUT2D eigenvalue weighted by Gasteiger charge is -2.09. The van der Waals surface area contributed by atoms with Crippen molar-refractivity contribution >= 4 is 11.6 Å². The number of hydrogen-bond donors (Lipinski definition) is 2. The highest BCUT2D eigenvalue weighted by Gasteiger charge is 2.08. The number of hydrogen-bond acceptors (Lipinski definition) is 4. The van der Waals surface area contributed by atoms with Gasteiger partial charge in [-0.2, -0.15) is 0 Å². The van der Waals surface area contributed by atoms with E-state index in [2.05, 4.69) is 4.98 Å². The summed E-state index contributed by atoms with van der Waals surface area (Å²) >= 11 is 0. The molecule has 0 saturated carbocycles. The first-order valence-corrected chi connectivity index (χ1v) is 5.78. The number of anilines is 1. The van der Waals surface area contributed by atoms with Gasteiger partial charge in [-0.15, -0.1) is 0 Å². The molecule has 1 heterocycles. The van der Waals surface area contributed by atoms with Crippen molar-refractivity contribution in [2.75, 3.05) is 5.73 Å². The Hall–Kier alpha value is -2.56. The topological polar surface area (TPSA) is 91.2 Å². The Morgan fingerprint density at radius 2 is 1.95 bits per heavy atom. The van der Waals surface area contributed by atoms with Crippen LogP contribution < -0.4 is 16.2 Å². The molecule has 2 rings (SSSR count). The third-order valence-corrected chi connectivity index (χ3v) is 2.63. The number of rotatable bonds is 3. The Bertz CT molecular complexity index is 639. The first-order valence-electron chi connectivity index (χ1n) is 5.78. The molecule has 0 atom stereocenters. The standard InChI is InChI=1S/C14H15N3O2/c1-8-5-11(15)3-4-12(8)19-13-7-10(14(16)18)6-9(2)17-13/h3-7H,15H2,1-2H3,(H2,16,18). The Balaban J connectivity index is 2.35. The first-order chi connectivity index (χ1) is 8.95. The van der Waals surface area contributed by atoms with Gasteiger partial charge in [-0.3, -0.25) is 4.79 Å².